The van der Waals surface area contributed by atoms with Crippen molar-refractivity contribution in [3.05, 3.63) is 66.2 Å². The van der Waals surface area contributed by atoms with E-state index in [1.165, 1.54) is 6.08 Å². The SMILES string of the molecule is CSc1ccc(NC(=O)O[C@H](c2cccc(OCCO)c2)[C@@H](C)/C=C/C(=O)O)cc1. The van der Waals surface area contributed by atoms with Crippen LogP contribution in [0.15, 0.2) is 65.6 Å². The number of aliphatic hydroxyl groups excluding tert-OH is 1. The van der Waals surface area contributed by atoms with Crippen LogP contribution in [0, 0.1) is 5.92 Å². The zero-order valence-corrected chi connectivity index (χ0v) is 17.6. The number of carboxylic acids is 1. The quantitative estimate of drug-likeness (QED) is 0.379. The highest BCUT2D eigenvalue weighted by Crippen LogP contribution is 2.30. The normalized spacial score (nSPS) is 12.9. The second-order valence-electron chi connectivity index (χ2n) is 6.38. The third-order valence-corrected chi connectivity index (χ3v) is 4.88. The molecule has 0 spiro atoms. The van der Waals surface area contributed by atoms with Gasteiger partial charge in [-0.25, -0.2) is 9.59 Å². The maximum absolute atomic E-state index is 12.5. The van der Waals surface area contributed by atoms with E-state index in [0.29, 0.717) is 17.0 Å². The van der Waals surface area contributed by atoms with E-state index >= 15 is 0 Å². The number of hydrogen-bond acceptors (Lipinski definition) is 6. The Kier molecular flexibility index (Phi) is 9.24. The predicted octanol–water partition coefficient (Wildman–Crippen LogP) is 4.35. The van der Waals surface area contributed by atoms with Crippen LogP contribution in [0.1, 0.15) is 18.6 Å². The lowest BCUT2D eigenvalue weighted by Crippen LogP contribution is -2.21. The van der Waals surface area contributed by atoms with Gasteiger partial charge in [0, 0.05) is 22.6 Å². The van der Waals surface area contributed by atoms with E-state index in [4.69, 9.17) is 19.7 Å². The Morgan fingerprint density at radius 2 is 1.93 bits per heavy atom. The molecule has 0 aliphatic heterocycles. The Morgan fingerprint density at radius 1 is 1.20 bits per heavy atom. The van der Waals surface area contributed by atoms with Gasteiger partial charge in [-0.3, -0.25) is 5.32 Å². The van der Waals surface area contributed by atoms with Crippen LogP contribution in [0.5, 0.6) is 5.75 Å². The fourth-order valence-corrected chi connectivity index (χ4v) is 3.10. The van der Waals surface area contributed by atoms with Gasteiger partial charge in [-0.1, -0.05) is 25.1 Å². The van der Waals surface area contributed by atoms with Crippen LogP contribution in [0.25, 0.3) is 0 Å². The molecule has 0 aliphatic rings. The molecule has 2 atom stereocenters. The Bertz CT molecular complexity index is 868. The number of anilines is 1. The molecule has 160 valence electrons. The number of carbonyl (C=O) groups is 2. The smallest absolute Gasteiger partial charge is 0.412 e. The first-order chi connectivity index (χ1) is 14.4. The number of rotatable bonds is 10. The van der Waals surface area contributed by atoms with Crippen molar-refractivity contribution in [2.24, 2.45) is 5.92 Å². The number of thioether (sulfide) groups is 1. The topological polar surface area (TPSA) is 105 Å². The van der Waals surface area contributed by atoms with Gasteiger partial charge in [-0.2, -0.15) is 0 Å². The fraction of sp³-hybridized carbons (Fsp3) is 0.273. The molecule has 0 bridgehead atoms. The highest BCUT2D eigenvalue weighted by Gasteiger charge is 2.23. The van der Waals surface area contributed by atoms with Gasteiger partial charge in [0.25, 0.3) is 0 Å². The summed E-state index contributed by atoms with van der Waals surface area (Å²) in [5.74, 6) is -0.990. The maximum atomic E-state index is 12.5. The molecule has 0 heterocycles. The molecule has 0 saturated carbocycles. The van der Waals surface area contributed by atoms with Crippen molar-refractivity contribution in [2.45, 2.75) is 17.9 Å². The molecule has 7 nitrogen and oxygen atoms in total. The van der Waals surface area contributed by atoms with E-state index < -0.39 is 24.1 Å². The Morgan fingerprint density at radius 3 is 2.57 bits per heavy atom. The number of ether oxygens (including phenoxy) is 2. The van der Waals surface area contributed by atoms with Gasteiger partial charge in [0.2, 0.25) is 0 Å². The minimum Gasteiger partial charge on any atom is -0.491 e. The molecular formula is C22H25NO6S. The number of nitrogens with one attached hydrogen (secondary N) is 1. The highest BCUT2D eigenvalue weighted by atomic mass is 32.2. The van der Waals surface area contributed by atoms with Gasteiger partial charge in [0.15, 0.2) is 0 Å². The number of hydrogen-bond donors (Lipinski definition) is 3. The third kappa shape index (κ3) is 7.46. The molecule has 2 aromatic rings. The van der Waals surface area contributed by atoms with Crippen LogP contribution >= 0.6 is 11.8 Å². The van der Waals surface area contributed by atoms with Crippen molar-refractivity contribution in [1.29, 1.82) is 0 Å². The van der Waals surface area contributed by atoms with Crippen LogP contribution < -0.4 is 10.1 Å². The molecule has 0 saturated heterocycles. The molecular weight excluding hydrogens is 406 g/mol. The standard InChI is InChI=1S/C22H25NO6S/c1-15(6-11-20(25)26)21(16-4-3-5-18(14-16)28-13-12-24)29-22(27)23-17-7-9-19(30-2)10-8-17/h3-11,14-15,21,24H,12-13H2,1-2H3,(H,23,27)(H,25,26)/b11-6+/t15-,21-/m0/s1. The van der Waals surface area contributed by atoms with Gasteiger partial charge in [0.05, 0.1) is 6.61 Å². The van der Waals surface area contributed by atoms with E-state index in [9.17, 15) is 9.59 Å². The maximum Gasteiger partial charge on any atom is 0.412 e. The number of benzene rings is 2. The Balaban J connectivity index is 2.20. The van der Waals surface area contributed by atoms with Gasteiger partial charge in [-0.15, -0.1) is 11.8 Å². The number of aliphatic hydroxyl groups is 1. The molecule has 0 unspecified atom stereocenters. The van der Waals surface area contributed by atoms with Crippen molar-refractivity contribution < 1.29 is 29.3 Å². The number of carboxylic acid groups (broad SMARTS) is 1. The average Bonchev–Trinajstić information content (AvgIpc) is 2.75. The summed E-state index contributed by atoms with van der Waals surface area (Å²) in [6.45, 7) is 1.77. The van der Waals surface area contributed by atoms with Crippen molar-refractivity contribution in [3.63, 3.8) is 0 Å². The fourth-order valence-electron chi connectivity index (χ4n) is 2.70. The summed E-state index contributed by atoms with van der Waals surface area (Å²) >= 11 is 1.60. The lowest BCUT2D eigenvalue weighted by molar-refractivity contribution is -0.131. The molecule has 30 heavy (non-hydrogen) atoms. The third-order valence-electron chi connectivity index (χ3n) is 4.14. The highest BCUT2D eigenvalue weighted by molar-refractivity contribution is 7.98. The van der Waals surface area contributed by atoms with Crippen molar-refractivity contribution in [1.82, 2.24) is 0 Å². The zero-order valence-electron chi connectivity index (χ0n) is 16.8. The summed E-state index contributed by atoms with van der Waals surface area (Å²) < 4.78 is 11.1. The van der Waals surface area contributed by atoms with Gasteiger partial charge >= 0.3 is 12.1 Å². The first-order valence-corrected chi connectivity index (χ1v) is 10.5. The Labute approximate surface area is 179 Å². The zero-order chi connectivity index (χ0) is 21.9. The van der Waals surface area contributed by atoms with Crippen LogP contribution in [0.3, 0.4) is 0 Å². The minimum atomic E-state index is -1.08. The minimum absolute atomic E-state index is 0.125. The van der Waals surface area contributed by atoms with E-state index in [1.807, 2.05) is 18.4 Å². The van der Waals surface area contributed by atoms with Gasteiger partial charge in [0.1, 0.15) is 18.5 Å². The summed E-state index contributed by atoms with van der Waals surface area (Å²) in [6.07, 6.45) is 3.05. The molecule has 2 rings (SSSR count). The first kappa shape index (κ1) is 23.3. The lowest BCUT2D eigenvalue weighted by Gasteiger charge is -2.23. The lowest BCUT2D eigenvalue weighted by atomic mass is 9.96. The molecule has 3 N–H and O–H groups in total. The van der Waals surface area contributed by atoms with Gasteiger partial charge in [-0.05, 0) is 48.2 Å². The van der Waals surface area contributed by atoms with Crippen LogP contribution in [0.2, 0.25) is 0 Å². The monoisotopic (exact) mass is 431 g/mol. The number of carbonyl (C=O) groups excluding carboxylic acids is 1. The van der Waals surface area contributed by atoms with Gasteiger partial charge < -0.3 is 19.7 Å². The number of amides is 1. The van der Waals surface area contributed by atoms with Crippen LogP contribution in [-0.4, -0.2) is 41.7 Å². The predicted molar refractivity (Wildman–Crippen MR) is 116 cm³/mol. The molecule has 0 aliphatic carbocycles. The van der Waals surface area contributed by atoms with E-state index in [0.717, 1.165) is 11.0 Å². The van der Waals surface area contributed by atoms with Crippen molar-refractivity contribution in [2.75, 3.05) is 24.8 Å². The summed E-state index contributed by atoms with van der Waals surface area (Å²) in [7, 11) is 0. The summed E-state index contributed by atoms with van der Waals surface area (Å²) in [4.78, 5) is 24.5. The summed E-state index contributed by atoms with van der Waals surface area (Å²) in [5, 5.41) is 20.5. The van der Waals surface area contributed by atoms with E-state index in [-0.39, 0.29) is 13.2 Å². The number of aliphatic carboxylic acids is 1. The van der Waals surface area contributed by atoms with Crippen molar-refractivity contribution in [3.8, 4) is 5.75 Å². The second kappa shape index (κ2) is 11.9. The molecule has 0 radical (unpaired) electrons. The summed E-state index contributed by atoms with van der Waals surface area (Å²) in [5.41, 5.74) is 1.23. The van der Waals surface area contributed by atoms with E-state index in [1.54, 1.807) is 55.1 Å². The Hall–Kier alpha value is -2.97. The molecule has 0 fully saturated rings. The summed E-state index contributed by atoms with van der Waals surface area (Å²) in [6, 6.07) is 14.3. The van der Waals surface area contributed by atoms with E-state index in [2.05, 4.69) is 5.32 Å². The molecule has 8 heteroatoms. The van der Waals surface area contributed by atoms with Crippen LogP contribution in [0.4, 0.5) is 10.5 Å². The average molecular weight is 432 g/mol. The first-order valence-electron chi connectivity index (χ1n) is 9.29. The molecule has 1 amide bonds. The molecule has 0 aromatic heterocycles. The second-order valence-corrected chi connectivity index (χ2v) is 7.26. The largest absolute Gasteiger partial charge is 0.491 e. The van der Waals surface area contributed by atoms with Crippen LogP contribution in [-0.2, 0) is 9.53 Å². The van der Waals surface area contributed by atoms with Crippen molar-refractivity contribution >= 4 is 29.5 Å². The molecule has 2 aromatic carbocycles.